The molecule has 0 aromatic carbocycles. The van der Waals surface area contributed by atoms with Crippen LogP contribution in [0.4, 0.5) is 10.3 Å². The van der Waals surface area contributed by atoms with E-state index in [0.717, 1.165) is 13.3 Å². The molecule has 0 aliphatic carbocycles. The van der Waals surface area contributed by atoms with Crippen molar-refractivity contribution in [3.8, 4) is 12.3 Å². The van der Waals surface area contributed by atoms with Gasteiger partial charge in [-0.2, -0.15) is 13.6 Å². The Morgan fingerprint density at radius 3 is 2.42 bits per heavy atom. The van der Waals surface area contributed by atoms with Crippen molar-refractivity contribution >= 4 is 29.4 Å². The van der Waals surface area contributed by atoms with Gasteiger partial charge in [-0.25, -0.2) is 27.9 Å². The molecule has 0 radical (unpaired) electrons. The molecule has 1 aliphatic heterocycles. The van der Waals surface area contributed by atoms with E-state index in [4.69, 9.17) is 26.7 Å². The van der Waals surface area contributed by atoms with Crippen LogP contribution in [0.25, 0.3) is 0 Å². The molecule has 21 heteroatoms. The highest BCUT2D eigenvalue weighted by Gasteiger charge is 2.60. The summed E-state index contributed by atoms with van der Waals surface area (Å²) >= 11 is 0. The minimum absolute atomic E-state index is 0.448. The number of aromatic nitrogens is 3. The number of terminal acetylenes is 1. The van der Waals surface area contributed by atoms with Crippen LogP contribution >= 0.6 is 23.5 Å². The third kappa shape index (κ3) is 6.52. The first-order chi connectivity index (χ1) is 14.9. The number of alkyl halides is 1. The molecular weight excluding hydrogens is 520 g/mol. The minimum atomic E-state index is -5.82. The predicted molar refractivity (Wildman–Crippen MR) is 102 cm³/mol. The third-order valence-corrected chi connectivity index (χ3v) is 8.10. The molecule has 1 fully saturated rings. The summed E-state index contributed by atoms with van der Waals surface area (Å²) in [6.07, 6.45) is 0.605. The Balaban J connectivity index is 2.32. The van der Waals surface area contributed by atoms with Gasteiger partial charge < -0.3 is 35.2 Å². The summed E-state index contributed by atoms with van der Waals surface area (Å²) in [5, 5.41) is 9.68. The summed E-state index contributed by atoms with van der Waals surface area (Å²) in [5.74, 6) is -0.408. The molecule has 1 aromatic heterocycles. The van der Waals surface area contributed by atoms with E-state index in [1.54, 1.807) is 5.92 Å². The molecule has 2 heterocycles. The molecule has 33 heavy (non-hydrogen) atoms. The molecule has 0 spiro atoms. The fourth-order valence-electron chi connectivity index (χ4n) is 2.97. The molecule has 2 rings (SSSR count). The monoisotopic (exact) mass is 538 g/mol. The second-order valence-corrected chi connectivity index (χ2v) is 10.8. The molecule has 7 atom stereocenters. The lowest BCUT2D eigenvalue weighted by Gasteiger charge is -2.27. The molecule has 0 bridgehead atoms. The molecule has 4 unspecified atom stereocenters. The number of aliphatic hydroxyl groups excluding tert-OH is 1. The molecule has 7 N–H and O–H groups in total. The zero-order valence-corrected chi connectivity index (χ0v) is 19.0. The molecule has 186 valence electrons. The number of rotatable bonds is 9. The van der Waals surface area contributed by atoms with Gasteiger partial charge in [0.05, 0.1) is 24.7 Å². The first-order valence-corrected chi connectivity index (χ1v) is 12.9. The van der Waals surface area contributed by atoms with Gasteiger partial charge in [0.2, 0.25) is 11.6 Å². The standard InChI is InChI=1S/C12H18FN4O13P3/c1-3-12(13)7(4-18)8(27-9(12)17-5-15-10(14)16-11(17)19)6(2)28-32(23,24)30-33(25,26)29-31(20,21)22/h1,5-9,18H,4H2,2H3,(H,23,24)(H,25,26)(H2,14,16,19)(H2,20,21,22)/t6-,7?,8-,9-,12?/m1/s1. The lowest BCUT2D eigenvalue weighted by Crippen LogP contribution is -2.43. The van der Waals surface area contributed by atoms with Crippen molar-refractivity contribution in [2.24, 2.45) is 5.92 Å². The van der Waals surface area contributed by atoms with Crippen molar-refractivity contribution in [3.05, 3.63) is 16.8 Å². The summed E-state index contributed by atoms with van der Waals surface area (Å²) < 4.78 is 67.5. The number of hydrogen-bond donors (Lipinski definition) is 6. The Morgan fingerprint density at radius 1 is 1.33 bits per heavy atom. The van der Waals surface area contributed by atoms with Crippen LogP contribution in [0.2, 0.25) is 0 Å². The largest absolute Gasteiger partial charge is 0.490 e. The van der Waals surface area contributed by atoms with Crippen molar-refractivity contribution < 1.29 is 60.6 Å². The molecule has 1 aliphatic rings. The highest BCUT2D eigenvalue weighted by molar-refractivity contribution is 7.66. The number of nitrogens with zero attached hydrogens (tertiary/aromatic N) is 3. The number of halogens is 1. The number of hydrogen-bond acceptors (Lipinski definition) is 12. The van der Waals surface area contributed by atoms with Gasteiger partial charge >= 0.3 is 29.2 Å². The number of aliphatic hydroxyl groups is 1. The highest BCUT2D eigenvalue weighted by atomic mass is 31.3. The van der Waals surface area contributed by atoms with Crippen molar-refractivity contribution in [3.63, 3.8) is 0 Å². The maximum atomic E-state index is 15.7. The Bertz CT molecular complexity index is 1140. The summed E-state index contributed by atoms with van der Waals surface area (Å²) in [5.41, 5.74) is 1.21. The lowest BCUT2D eigenvalue weighted by atomic mass is 9.85. The van der Waals surface area contributed by atoms with Crippen molar-refractivity contribution in [2.45, 2.75) is 31.0 Å². The Kier molecular flexibility index (Phi) is 8.04. The van der Waals surface area contributed by atoms with Crippen LogP contribution in [-0.4, -0.2) is 63.7 Å². The van der Waals surface area contributed by atoms with E-state index in [1.807, 2.05) is 0 Å². The zero-order chi connectivity index (χ0) is 25.4. The minimum Gasteiger partial charge on any atom is -0.396 e. The van der Waals surface area contributed by atoms with E-state index in [0.29, 0.717) is 4.57 Å². The third-order valence-electron chi connectivity index (χ3n) is 4.18. The lowest BCUT2D eigenvalue weighted by molar-refractivity contribution is -0.0747. The highest BCUT2D eigenvalue weighted by Crippen LogP contribution is 2.67. The second-order valence-electron chi connectivity index (χ2n) is 6.46. The average molecular weight is 538 g/mol. The number of phosphoric ester groups is 1. The van der Waals surface area contributed by atoms with E-state index in [2.05, 4.69) is 23.1 Å². The first-order valence-electron chi connectivity index (χ1n) is 8.40. The van der Waals surface area contributed by atoms with E-state index in [1.165, 1.54) is 0 Å². The predicted octanol–water partition coefficient (Wildman–Crippen LogP) is -1.20. The van der Waals surface area contributed by atoms with Gasteiger partial charge in [0.1, 0.15) is 6.33 Å². The summed E-state index contributed by atoms with van der Waals surface area (Å²) in [7, 11) is -17.1. The van der Waals surface area contributed by atoms with Crippen LogP contribution in [0.15, 0.2) is 11.1 Å². The number of nitrogen functional groups attached to an aromatic ring is 1. The van der Waals surface area contributed by atoms with Gasteiger partial charge in [0.15, 0.2) is 6.23 Å². The molecule has 1 saturated heterocycles. The average Bonchev–Trinajstić information content (AvgIpc) is 2.91. The molecule has 0 saturated carbocycles. The zero-order valence-electron chi connectivity index (χ0n) is 16.3. The maximum absolute atomic E-state index is 15.7. The SMILES string of the molecule is C#CC1(F)C(CO)[C@@H]([C@@H](C)OP(=O)(O)OP(=O)(O)OP(=O)(O)O)O[C@H]1n1cnc(N)nc1=O. The van der Waals surface area contributed by atoms with Crippen LogP contribution in [0.5, 0.6) is 0 Å². The summed E-state index contributed by atoms with van der Waals surface area (Å²) in [6.45, 7) is -0.0518. The fourth-order valence-corrected chi connectivity index (χ4v) is 6.17. The Labute approximate surface area is 183 Å². The van der Waals surface area contributed by atoms with Crippen molar-refractivity contribution in [2.75, 3.05) is 12.3 Å². The van der Waals surface area contributed by atoms with Gasteiger partial charge in [0, 0.05) is 0 Å². The maximum Gasteiger partial charge on any atom is 0.490 e. The van der Waals surface area contributed by atoms with E-state index in [9.17, 15) is 33.4 Å². The number of anilines is 1. The van der Waals surface area contributed by atoms with Gasteiger partial charge in [-0.3, -0.25) is 9.09 Å². The normalized spacial score (nSPS) is 30.2. The van der Waals surface area contributed by atoms with E-state index >= 15 is 4.39 Å². The molecule has 1 aromatic rings. The smallest absolute Gasteiger partial charge is 0.396 e. The fraction of sp³-hybridized carbons (Fsp3) is 0.583. The van der Waals surface area contributed by atoms with Gasteiger partial charge in [0.25, 0.3) is 0 Å². The number of phosphoric acid groups is 3. The van der Waals surface area contributed by atoms with E-state index < -0.39 is 71.7 Å². The van der Waals surface area contributed by atoms with Gasteiger partial charge in [-0.05, 0) is 6.92 Å². The van der Waals surface area contributed by atoms with Crippen LogP contribution in [-0.2, 0) is 31.6 Å². The number of ether oxygens (including phenoxy) is 1. The first kappa shape index (κ1) is 27.7. The van der Waals surface area contributed by atoms with Crippen LogP contribution < -0.4 is 11.4 Å². The van der Waals surface area contributed by atoms with Gasteiger partial charge in [-0.15, -0.1) is 6.42 Å². The topological polar surface area (TPSA) is 263 Å². The summed E-state index contributed by atoms with van der Waals surface area (Å²) in [4.78, 5) is 54.9. The Morgan fingerprint density at radius 2 is 1.94 bits per heavy atom. The van der Waals surface area contributed by atoms with Crippen LogP contribution in [0.1, 0.15) is 13.2 Å². The Hall–Kier alpha value is -1.57. The summed E-state index contributed by atoms with van der Waals surface area (Å²) in [6, 6.07) is 0. The van der Waals surface area contributed by atoms with Crippen LogP contribution in [0.3, 0.4) is 0 Å². The quantitative estimate of drug-likeness (QED) is 0.159. The molecule has 0 amide bonds. The van der Waals surface area contributed by atoms with Crippen molar-refractivity contribution in [1.29, 1.82) is 0 Å². The molecule has 17 nitrogen and oxygen atoms in total. The number of nitrogens with two attached hydrogens (primary N) is 1. The van der Waals surface area contributed by atoms with Gasteiger partial charge in [-0.1, -0.05) is 5.92 Å². The second kappa shape index (κ2) is 9.59. The molecular formula is C12H18FN4O13P3. The van der Waals surface area contributed by atoms with E-state index in [-0.39, 0.29) is 0 Å². The van der Waals surface area contributed by atoms with Crippen molar-refractivity contribution in [1.82, 2.24) is 14.5 Å². The van der Waals surface area contributed by atoms with Crippen LogP contribution in [0, 0.1) is 18.3 Å².